The number of hydrogen-bond donors (Lipinski definition) is 3. The van der Waals surface area contributed by atoms with Crippen molar-refractivity contribution in [2.45, 2.75) is 54.6 Å². The summed E-state index contributed by atoms with van der Waals surface area (Å²) in [6.45, 7) is 1.67. The van der Waals surface area contributed by atoms with Crippen molar-refractivity contribution < 1.29 is 13.2 Å². The molecule has 33 heavy (non-hydrogen) atoms. The molecule has 176 valence electrons. The number of nitrogens with two attached hydrogens (primary N) is 1. The molecule has 0 spiro atoms. The summed E-state index contributed by atoms with van der Waals surface area (Å²) in [7, 11) is -1.94. The Morgan fingerprint density at radius 3 is 3.00 bits per heavy atom. The molecule has 1 aliphatic heterocycles. The lowest BCUT2D eigenvalue weighted by Crippen LogP contribution is -2.64. The normalized spacial score (nSPS) is 24.0. The third-order valence-electron chi connectivity index (χ3n) is 6.67. The molecule has 8 nitrogen and oxygen atoms in total. The first-order valence-corrected chi connectivity index (χ1v) is 13.6. The topological polar surface area (TPSA) is 121 Å². The lowest BCUT2D eigenvalue weighted by molar-refractivity contribution is 0.0913. The number of hydrogen-bond acceptors (Lipinski definition) is 7. The summed E-state index contributed by atoms with van der Waals surface area (Å²) in [4.78, 5) is 22.2. The standard InChI is InChI=1S/C22H26ClN5O3S2/c1-28-9-7-16-17(12-28)32-21(26-16)20(29)27-18-4-2-3-8-22(18,24)33(30,31)19-11-13-10-14(23)5-6-15(13)25-19/h5-6,10-11,18,25H,2-4,7-9,12,24H2,1H3,(H,27,29). The number of halogens is 1. The molecule has 1 saturated carbocycles. The van der Waals surface area contributed by atoms with Crippen LogP contribution in [-0.2, 0) is 22.8 Å². The molecule has 2 unspecified atom stereocenters. The summed E-state index contributed by atoms with van der Waals surface area (Å²) in [5.74, 6) is -0.364. The highest BCUT2D eigenvalue weighted by molar-refractivity contribution is 7.92. The molecule has 0 radical (unpaired) electrons. The van der Waals surface area contributed by atoms with Gasteiger partial charge >= 0.3 is 0 Å². The van der Waals surface area contributed by atoms with Gasteiger partial charge in [0.25, 0.3) is 5.91 Å². The van der Waals surface area contributed by atoms with E-state index in [0.717, 1.165) is 36.5 Å². The lowest BCUT2D eigenvalue weighted by atomic mass is 9.90. The summed E-state index contributed by atoms with van der Waals surface area (Å²) >= 11 is 7.43. The van der Waals surface area contributed by atoms with Crippen LogP contribution in [0.4, 0.5) is 0 Å². The Bertz CT molecular complexity index is 1330. The predicted molar refractivity (Wildman–Crippen MR) is 129 cm³/mol. The van der Waals surface area contributed by atoms with Crippen LogP contribution in [-0.4, -0.2) is 53.7 Å². The summed E-state index contributed by atoms with van der Waals surface area (Å²) in [5.41, 5.74) is 8.25. The van der Waals surface area contributed by atoms with E-state index >= 15 is 0 Å². The minimum Gasteiger partial charge on any atom is -0.346 e. The molecule has 3 aromatic rings. The SMILES string of the molecule is CN1CCc2nc(C(=O)NC3CCCCC3(N)S(=O)(=O)c3cc4cc(Cl)ccc4[nH]3)sc2C1. The van der Waals surface area contributed by atoms with Gasteiger partial charge in [0.1, 0.15) is 9.90 Å². The number of thiazole rings is 1. The van der Waals surface area contributed by atoms with Crippen molar-refractivity contribution in [3.05, 3.63) is 44.9 Å². The number of aromatic amines is 1. The molecule has 0 saturated heterocycles. The average Bonchev–Trinajstić information content (AvgIpc) is 3.39. The quantitative estimate of drug-likeness (QED) is 0.499. The minimum absolute atomic E-state index is 0.0381. The molecule has 1 aromatic carbocycles. The van der Waals surface area contributed by atoms with Crippen molar-refractivity contribution in [2.75, 3.05) is 13.6 Å². The van der Waals surface area contributed by atoms with Gasteiger partial charge in [-0.3, -0.25) is 4.79 Å². The van der Waals surface area contributed by atoms with E-state index in [0.29, 0.717) is 33.8 Å². The fourth-order valence-electron chi connectivity index (χ4n) is 4.75. The van der Waals surface area contributed by atoms with Gasteiger partial charge in [-0.2, -0.15) is 0 Å². The van der Waals surface area contributed by atoms with Crippen LogP contribution in [0.3, 0.4) is 0 Å². The first kappa shape index (κ1) is 22.8. The maximum absolute atomic E-state index is 13.7. The summed E-state index contributed by atoms with van der Waals surface area (Å²) in [6.07, 6.45) is 3.02. The molecule has 4 N–H and O–H groups in total. The maximum Gasteiger partial charge on any atom is 0.280 e. The fourth-order valence-corrected chi connectivity index (χ4v) is 7.92. The molecule has 0 bridgehead atoms. The van der Waals surface area contributed by atoms with E-state index < -0.39 is 20.8 Å². The van der Waals surface area contributed by atoms with Crippen LogP contribution in [0.5, 0.6) is 0 Å². The third kappa shape index (κ3) is 3.97. The van der Waals surface area contributed by atoms with E-state index in [1.54, 1.807) is 24.3 Å². The van der Waals surface area contributed by atoms with Crippen molar-refractivity contribution in [1.82, 2.24) is 20.2 Å². The number of nitrogens with one attached hydrogen (secondary N) is 2. The van der Waals surface area contributed by atoms with Crippen molar-refractivity contribution in [3.63, 3.8) is 0 Å². The van der Waals surface area contributed by atoms with Gasteiger partial charge in [-0.25, -0.2) is 13.4 Å². The fraction of sp³-hybridized carbons (Fsp3) is 0.455. The first-order valence-electron chi connectivity index (χ1n) is 11.0. The van der Waals surface area contributed by atoms with Crippen molar-refractivity contribution in [1.29, 1.82) is 0 Å². The zero-order valence-corrected chi connectivity index (χ0v) is 20.6. The number of rotatable bonds is 4. The summed E-state index contributed by atoms with van der Waals surface area (Å²) in [6, 6.07) is 5.98. The van der Waals surface area contributed by atoms with Gasteiger partial charge in [-0.05, 0) is 44.2 Å². The van der Waals surface area contributed by atoms with Crippen molar-refractivity contribution in [2.24, 2.45) is 5.73 Å². The van der Waals surface area contributed by atoms with Crippen molar-refractivity contribution >= 4 is 49.6 Å². The molecule has 2 aliphatic rings. The second kappa shape index (κ2) is 8.35. The number of fused-ring (bicyclic) bond motifs is 2. The van der Waals surface area contributed by atoms with Gasteiger partial charge in [0.15, 0.2) is 5.01 Å². The lowest BCUT2D eigenvalue weighted by Gasteiger charge is -2.40. The highest BCUT2D eigenvalue weighted by atomic mass is 35.5. The molecule has 3 heterocycles. The van der Waals surface area contributed by atoms with Gasteiger partial charge in [-0.15, -0.1) is 11.3 Å². The molecular weight excluding hydrogens is 482 g/mol. The minimum atomic E-state index is -3.98. The van der Waals surface area contributed by atoms with Crippen LogP contribution in [0.1, 0.15) is 46.1 Å². The van der Waals surface area contributed by atoms with Crippen LogP contribution in [0.25, 0.3) is 10.9 Å². The smallest absolute Gasteiger partial charge is 0.280 e. The van der Waals surface area contributed by atoms with Crippen molar-refractivity contribution in [3.8, 4) is 0 Å². The largest absolute Gasteiger partial charge is 0.346 e. The zero-order valence-electron chi connectivity index (χ0n) is 18.2. The number of carbonyl (C=O) groups excluding carboxylic acids is 1. The first-order chi connectivity index (χ1) is 15.7. The number of H-pyrrole nitrogens is 1. The Labute approximate surface area is 201 Å². The molecule has 1 fully saturated rings. The highest BCUT2D eigenvalue weighted by Crippen LogP contribution is 2.36. The number of nitrogens with zero attached hydrogens (tertiary/aromatic N) is 2. The Balaban J connectivity index is 1.44. The summed E-state index contributed by atoms with van der Waals surface area (Å²) in [5, 5.41) is 4.54. The average molecular weight is 508 g/mol. The molecule has 1 aliphatic carbocycles. The number of aromatic nitrogens is 2. The van der Waals surface area contributed by atoms with Crippen LogP contribution >= 0.6 is 22.9 Å². The summed E-state index contributed by atoms with van der Waals surface area (Å²) < 4.78 is 27.5. The van der Waals surface area contributed by atoms with Gasteiger partial charge in [0.2, 0.25) is 9.84 Å². The number of likely N-dealkylation sites (N-methyl/N-ethyl adjacent to an activating group) is 1. The Morgan fingerprint density at radius 1 is 1.36 bits per heavy atom. The molecule has 2 atom stereocenters. The second-order valence-corrected chi connectivity index (χ2v) is 12.7. The van der Waals surface area contributed by atoms with Gasteiger partial charge < -0.3 is 20.9 Å². The van der Waals surface area contributed by atoms with Crippen LogP contribution in [0, 0.1) is 0 Å². The zero-order chi connectivity index (χ0) is 23.4. The number of amides is 1. The van der Waals surface area contributed by atoms with E-state index in [4.69, 9.17) is 17.3 Å². The van der Waals surface area contributed by atoms with E-state index in [1.807, 2.05) is 7.05 Å². The van der Waals surface area contributed by atoms with Gasteiger partial charge in [0, 0.05) is 40.3 Å². The van der Waals surface area contributed by atoms with Crippen LogP contribution in [0.2, 0.25) is 5.02 Å². The van der Waals surface area contributed by atoms with Crippen LogP contribution in [0.15, 0.2) is 29.3 Å². The predicted octanol–water partition coefficient (Wildman–Crippen LogP) is 3.07. The maximum atomic E-state index is 13.7. The van der Waals surface area contributed by atoms with E-state index in [9.17, 15) is 13.2 Å². The Kier molecular flexibility index (Phi) is 5.77. The number of carbonyl (C=O) groups is 1. The molecular formula is C22H26ClN5O3S2. The molecule has 5 rings (SSSR count). The van der Waals surface area contributed by atoms with E-state index in [2.05, 4.69) is 20.2 Å². The molecule has 2 aromatic heterocycles. The van der Waals surface area contributed by atoms with E-state index in [-0.39, 0.29) is 17.4 Å². The highest BCUT2D eigenvalue weighted by Gasteiger charge is 2.50. The molecule has 1 amide bonds. The monoisotopic (exact) mass is 507 g/mol. The molecule has 11 heteroatoms. The van der Waals surface area contributed by atoms with Crippen LogP contribution < -0.4 is 11.1 Å². The van der Waals surface area contributed by atoms with Gasteiger partial charge in [0.05, 0.1) is 11.7 Å². The van der Waals surface area contributed by atoms with Gasteiger partial charge in [-0.1, -0.05) is 24.4 Å². The Hall–Kier alpha value is -1.98. The third-order valence-corrected chi connectivity index (χ3v) is 10.3. The number of benzene rings is 1. The second-order valence-electron chi connectivity index (χ2n) is 8.97. The van der Waals surface area contributed by atoms with E-state index in [1.165, 1.54) is 11.3 Å². The number of sulfone groups is 1. The Morgan fingerprint density at radius 2 is 2.18 bits per heavy atom.